The van der Waals surface area contributed by atoms with Gasteiger partial charge in [-0.25, -0.2) is 4.79 Å². The predicted octanol–water partition coefficient (Wildman–Crippen LogP) is 2.64. The van der Waals surface area contributed by atoms with Gasteiger partial charge in [-0.3, -0.25) is 14.7 Å². The number of rotatable bonds is 7. The number of carbonyl (C=O) groups excluding carboxylic acids is 1. The second kappa shape index (κ2) is 8.94. The molecule has 0 radical (unpaired) electrons. The van der Waals surface area contributed by atoms with E-state index >= 15 is 0 Å². The number of nitrogens with zero attached hydrogens (tertiary/aromatic N) is 3. The molecule has 0 bridgehead atoms. The SMILES string of the molecule is CC(C)C[C@@H](C(=O)N1CCCCC1)N(C)Cc1cc(C(=O)O)ccn1. The van der Waals surface area contributed by atoms with Crippen LogP contribution in [-0.4, -0.2) is 57.9 Å². The molecule has 1 atom stereocenters. The number of piperidine rings is 1. The number of likely N-dealkylation sites (tertiary alicyclic amines) is 1. The Kier molecular flexibility index (Phi) is 6.93. The van der Waals surface area contributed by atoms with Gasteiger partial charge < -0.3 is 10.0 Å². The van der Waals surface area contributed by atoms with Crippen LogP contribution < -0.4 is 0 Å². The summed E-state index contributed by atoms with van der Waals surface area (Å²) in [5, 5.41) is 9.13. The zero-order valence-electron chi connectivity index (χ0n) is 15.4. The Bertz CT molecular complexity index is 597. The number of pyridine rings is 1. The van der Waals surface area contributed by atoms with Gasteiger partial charge in [0, 0.05) is 25.8 Å². The van der Waals surface area contributed by atoms with E-state index in [1.807, 2.05) is 16.8 Å². The van der Waals surface area contributed by atoms with Crippen LogP contribution in [0.5, 0.6) is 0 Å². The van der Waals surface area contributed by atoms with Gasteiger partial charge in [0.05, 0.1) is 17.3 Å². The Morgan fingerprint density at radius 1 is 1.28 bits per heavy atom. The van der Waals surface area contributed by atoms with Crippen molar-refractivity contribution in [2.75, 3.05) is 20.1 Å². The van der Waals surface area contributed by atoms with Crippen LogP contribution in [0.15, 0.2) is 18.3 Å². The first-order chi connectivity index (χ1) is 11.9. The van der Waals surface area contributed by atoms with Gasteiger partial charge >= 0.3 is 5.97 Å². The Morgan fingerprint density at radius 2 is 1.96 bits per heavy atom. The van der Waals surface area contributed by atoms with E-state index in [0.717, 1.165) is 32.4 Å². The minimum absolute atomic E-state index is 0.185. The van der Waals surface area contributed by atoms with Gasteiger partial charge in [0.2, 0.25) is 5.91 Å². The lowest BCUT2D eigenvalue weighted by Gasteiger charge is -2.35. The van der Waals surface area contributed by atoms with E-state index in [1.54, 1.807) is 6.07 Å². The molecule has 1 aromatic heterocycles. The summed E-state index contributed by atoms with van der Waals surface area (Å²) in [7, 11) is 1.92. The average molecular weight is 347 g/mol. The number of hydrogen-bond donors (Lipinski definition) is 1. The van der Waals surface area contributed by atoms with Crippen LogP contribution in [0.25, 0.3) is 0 Å². The summed E-state index contributed by atoms with van der Waals surface area (Å²) in [6.45, 7) is 6.38. The lowest BCUT2D eigenvalue weighted by Crippen LogP contribution is -2.49. The summed E-state index contributed by atoms with van der Waals surface area (Å²) in [6, 6.07) is 2.86. The highest BCUT2D eigenvalue weighted by atomic mass is 16.4. The fourth-order valence-electron chi connectivity index (χ4n) is 3.30. The van der Waals surface area contributed by atoms with Crippen molar-refractivity contribution >= 4 is 11.9 Å². The maximum atomic E-state index is 13.0. The molecule has 25 heavy (non-hydrogen) atoms. The average Bonchev–Trinajstić information content (AvgIpc) is 2.59. The minimum atomic E-state index is -0.963. The molecule has 1 fully saturated rings. The molecule has 6 nitrogen and oxygen atoms in total. The van der Waals surface area contributed by atoms with E-state index in [4.69, 9.17) is 5.11 Å². The molecule has 1 saturated heterocycles. The largest absolute Gasteiger partial charge is 0.478 e. The van der Waals surface area contributed by atoms with Gasteiger partial charge in [-0.05, 0) is 50.8 Å². The molecule has 1 N–H and O–H groups in total. The van der Waals surface area contributed by atoms with Crippen molar-refractivity contribution in [3.05, 3.63) is 29.6 Å². The van der Waals surface area contributed by atoms with Gasteiger partial charge in [-0.2, -0.15) is 0 Å². The molecule has 1 aromatic rings. The van der Waals surface area contributed by atoms with E-state index in [9.17, 15) is 9.59 Å². The fraction of sp³-hybridized carbons (Fsp3) is 0.632. The first-order valence-corrected chi connectivity index (χ1v) is 9.05. The lowest BCUT2D eigenvalue weighted by atomic mass is 10.00. The highest BCUT2D eigenvalue weighted by molar-refractivity contribution is 5.87. The number of carboxylic acid groups (broad SMARTS) is 1. The van der Waals surface area contributed by atoms with Gasteiger partial charge in [-0.1, -0.05) is 13.8 Å². The molecule has 2 heterocycles. The predicted molar refractivity (Wildman–Crippen MR) is 96.3 cm³/mol. The van der Waals surface area contributed by atoms with E-state index in [0.29, 0.717) is 18.2 Å². The summed E-state index contributed by atoms with van der Waals surface area (Å²) >= 11 is 0. The maximum absolute atomic E-state index is 13.0. The van der Waals surface area contributed by atoms with Gasteiger partial charge in [0.15, 0.2) is 0 Å². The number of carboxylic acids is 1. The molecular formula is C19H29N3O3. The van der Waals surface area contributed by atoms with Crippen molar-refractivity contribution in [3.8, 4) is 0 Å². The molecule has 138 valence electrons. The van der Waals surface area contributed by atoms with Crippen LogP contribution in [0, 0.1) is 5.92 Å². The molecule has 6 heteroatoms. The normalized spacial score (nSPS) is 16.3. The first kappa shape index (κ1) is 19.4. The topological polar surface area (TPSA) is 73.7 Å². The van der Waals surface area contributed by atoms with Crippen LogP contribution in [0.4, 0.5) is 0 Å². The van der Waals surface area contributed by atoms with E-state index < -0.39 is 5.97 Å². The van der Waals surface area contributed by atoms with Gasteiger partial charge in [-0.15, -0.1) is 0 Å². The highest BCUT2D eigenvalue weighted by Gasteiger charge is 2.29. The summed E-state index contributed by atoms with van der Waals surface area (Å²) in [5.41, 5.74) is 0.892. The quantitative estimate of drug-likeness (QED) is 0.821. The van der Waals surface area contributed by atoms with Crippen molar-refractivity contribution in [3.63, 3.8) is 0 Å². The molecular weight excluding hydrogens is 318 g/mol. The smallest absolute Gasteiger partial charge is 0.335 e. The molecule has 1 aliphatic heterocycles. The van der Waals surface area contributed by atoms with E-state index in [2.05, 4.69) is 18.8 Å². The van der Waals surface area contributed by atoms with Crippen molar-refractivity contribution in [2.45, 2.75) is 52.1 Å². The van der Waals surface area contributed by atoms with E-state index in [1.165, 1.54) is 18.7 Å². The number of aromatic carboxylic acids is 1. The van der Waals surface area contributed by atoms with Gasteiger partial charge in [0.1, 0.15) is 0 Å². The Labute approximate surface area is 149 Å². The molecule has 0 unspecified atom stereocenters. The zero-order valence-corrected chi connectivity index (χ0v) is 15.4. The van der Waals surface area contributed by atoms with Crippen molar-refractivity contribution in [2.24, 2.45) is 5.92 Å². The van der Waals surface area contributed by atoms with Crippen molar-refractivity contribution in [1.82, 2.24) is 14.8 Å². The van der Waals surface area contributed by atoms with Crippen molar-refractivity contribution < 1.29 is 14.7 Å². The summed E-state index contributed by atoms with van der Waals surface area (Å²) < 4.78 is 0. The number of carbonyl (C=O) groups is 2. The maximum Gasteiger partial charge on any atom is 0.335 e. The van der Waals surface area contributed by atoms with Crippen LogP contribution in [0.2, 0.25) is 0 Å². The Morgan fingerprint density at radius 3 is 2.56 bits per heavy atom. The molecule has 0 spiro atoms. The molecule has 0 aromatic carbocycles. The molecule has 1 aliphatic rings. The van der Waals surface area contributed by atoms with Crippen molar-refractivity contribution in [1.29, 1.82) is 0 Å². The second-order valence-electron chi connectivity index (χ2n) is 7.29. The summed E-state index contributed by atoms with van der Waals surface area (Å²) in [4.78, 5) is 32.4. The lowest BCUT2D eigenvalue weighted by molar-refractivity contribution is -0.138. The van der Waals surface area contributed by atoms with E-state index in [-0.39, 0.29) is 17.5 Å². The third-order valence-corrected chi connectivity index (χ3v) is 4.65. The van der Waals surface area contributed by atoms with Crippen LogP contribution in [-0.2, 0) is 11.3 Å². The van der Waals surface area contributed by atoms with Crippen LogP contribution in [0.1, 0.15) is 55.6 Å². The summed E-state index contributed by atoms with van der Waals surface area (Å²) in [6.07, 6.45) is 5.64. The monoisotopic (exact) mass is 347 g/mol. The fourth-order valence-corrected chi connectivity index (χ4v) is 3.30. The molecule has 1 amide bonds. The van der Waals surface area contributed by atoms with Crippen LogP contribution in [0.3, 0.4) is 0 Å². The molecule has 2 rings (SSSR count). The highest BCUT2D eigenvalue weighted by Crippen LogP contribution is 2.18. The number of amides is 1. The second-order valence-corrected chi connectivity index (χ2v) is 7.29. The Hall–Kier alpha value is -1.95. The molecule has 0 saturated carbocycles. The minimum Gasteiger partial charge on any atom is -0.478 e. The van der Waals surface area contributed by atoms with Gasteiger partial charge in [0.25, 0.3) is 0 Å². The zero-order chi connectivity index (χ0) is 18.4. The third-order valence-electron chi connectivity index (χ3n) is 4.65. The number of aromatic nitrogens is 1. The number of likely N-dealkylation sites (N-methyl/N-ethyl adjacent to an activating group) is 1. The summed E-state index contributed by atoms with van der Waals surface area (Å²) in [5.74, 6) is -0.376. The first-order valence-electron chi connectivity index (χ1n) is 9.05. The Balaban J connectivity index is 2.11. The molecule has 0 aliphatic carbocycles. The van der Waals surface area contributed by atoms with Crippen LogP contribution >= 0.6 is 0 Å². The number of hydrogen-bond acceptors (Lipinski definition) is 4. The standard InChI is InChI=1S/C19H29N3O3/c1-14(2)11-17(18(23)22-9-5-4-6-10-22)21(3)13-16-12-15(19(24)25)7-8-20-16/h7-8,12,14,17H,4-6,9-11,13H2,1-3H3,(H,24,25)/t17-/m0/s1. The third kappa shape index (κ3) is 5.53.